The van der Waals surface area contributed by atoms with E-state index in [1.807, 2.05) is 18.2 Å². The van der Waals surface area contributed by atoms with Crippen molar-refractivity contribution >= 4 is 11.4 Å². The van der Waals surface area contributed by atoms with Crippen molar-refractivity contribution in [2.45, 2.75) is 18.9 Å². The van der Waals surface area contributed by atoms with Crippen molar-refractivity contribution < 1.29 is 4.74 Å². The Bertz CT molecular complexity index is 327. The molecule has 0 amide bonds. The molecule has 3 nitrogen and oxygen atoms in total. The van der Waals surface area contributed by atoms with Gasteiger partial charge in [0.1, 0.15) is 0 Å². The number of nitrogen functional groups attached to an aromatic ring is 1. The van der Waals surface area contributed by atoms with Crippen LogP contribution < -0.4 is 10.6 Å². The molecule has 0 unspecified atom stereocenters. The van der Waals surface area contributed by atoms with E-state index in [2.05, 4.69) is 11.0 Å². The fraction of sp³-hybridized carbons (Fsp3) is 0.500. The summed E-state index contributed by atoms with van der Waals surface area (Å²) in [5, 5.41) is 0. The van der Waals surface area contributed by atoms with Gasteiger partial charge in [0.05, 0.1) is 17.5 Å². The lowest BCUT2D eigenvalue weighted by molar-refractivity contribution is 0.0894. The number of nitrogens with two attached hydrogens (primary N) is 1. The van der Waals surface area contributed by atoms with Gasteiger partial charge in [-0.2, -0.15) is 0 Å². The maximum atomic E-state index is 5.96. The van der Waals surface area contributed by atoms with Gasteiger partial charge in [-0.15, -0.1) is 0 Å². The van der Waals surface area contributed by atoms with E-state index in [-0.39, 0.29) is 0 Å². The molecule has 0 bridgehead atoms. The van der Waals surface area contributed by atoms with Crippen molar-refractivity contribution in [3.8, 4) is 0 Å². The number of hydrogen-bond donors (Lipinski definition) is 1. The fourth-order valence-electron chi connectivity index (χ4n) is 2.12. The number of anilines is 2. The molecule has 0 aromatic heterocycles. The molecular weight excluding hydrogens is 188 g/mol. The average Bonchev–Trinajstić information content (AvgIpc) is 2.30. The van der Waals surface area contributed by atoms with Gasteiger partial charge in [0, 0.05) is 20.2 Å². The van der Waals surface area contributed by atoms with E-state index >= 15 is 0 Å². The van der Waals surface area contributed by atoms with Gasteiger partial charge in [0.25, 0.3) is 0 Å². The van der Waals surface area contributed by atoms with E-state index in [1.165, 1.54) is 6.42 Å². The summed E-state index contributed by atoms with van der Waals surface area (Å²) >= 11 is 0. The van der Waals surface area contributed by atoms with Crippen LogP contribution in [0.4, 0.5) is 11.4 Å². The quantitative estimate of drug-likeness (QED) is 0.751. The topological polar surface area (TPSA) is 38.5 Å². The van der Waals surface area contributed by atoms with Crippen LogP contribution in [0, 0.1) is 0 Å². The minimum Gasteiger partial charge on any atom is -0.397 e. The fourth-order valence-corrected chi connectivity index (χ4v) is 2.12. The molecule has 1 aromatic carbocycles. The first kappa shape index (κ1) is 10.3. The SMILES string of the molecule is CO[C@@H]1CCCN(c2ccccc2N)C1. The van der Waals surface area contributed by atoms with E-state index in [0.717, 1.165) is 30.9 Å². The molecule has 0 spiro atoms. The molecule has 15 heavy (non-hydrogen) atoms. The molecule has 2 rings (SSSR count). The molecule has 1 aromatic rings. The zero-order valence-electron chi connectivity index (χ0n) is 9.15. The third kappa shape index (κ3) is 2.23. The summed E-state index contributed by atoms with van der Waals surface area (Å²) in [5.74, 6) is 0. The monoisotopic (exact) mass is 206 g/mol. The second kappa shape index (κ2) is 4.53. The van der Waals surface area contributed by atoms with Gasteiger partial charge in [-0.1, -0.05) is 12.1 Å². The Morgan fingerprint density at radius 3 is 2.93 bits per heavy atom. The van der Waals surface area contributed by atoms with Crippen LogP contribution in [-0.2, 0) is 4.74 Å². The Balaban J connectivity index is 2.13. The minimum atomic E-state index is 0.346. The highest BCUT2D eigenvalue weighted by Crippen LogP contribution is 2.26. The van der Waals surface area contributed by atoms with Gasteiger partial charge < -0.3 is 15.4 Å². The standard InChI is InChI=1S/C12H18N2O/c1-15-10-5-4-8-14(9-10)12-7-3-2-6-11(12)13/h2-3,6-7,10H,4-5,8-9,13H2,1H3/t10-/m1/s1. The summed E-state index contributed by atoms with van der Waals surface area (Å²) in [6.45, 7) is 2.03. The maximum Gasteiger partial charge on any atom is 0.0746 e. The van der Waals surface area contributed by atoms with Crippen LogP contribution in [0.25, 0.3) is 0 Å². The van der Waals surface area contributed by atoms with Crippen LogP contribution in [0.2, 0.25) is 0 Å². The third-order valence-corrected chi connectivity index (χ3v) is 2.99. The van der Waals surface area contributed by atoms with Crippen molar-refractivity contribution in [2.75, 3.05) is 30.8 Å². The third-order valence-electron chi connectivity index (χ3n) is 2.99. The molecule has 1 atom stereocenters. The number of rotatable bonds is 2. The predicted octanol–water partition coefficient (Wildman–Crippen LogP) is 1.88. The molecular formula is C12H18N2O. The highest BCUT2D eigenvalue weighted by molar-refractivity contribution is 5.67. The number of benzene rings is 1. The van der Waals surface area contributed by atoms with E-state index < -0.39 is 0 Å². The van der Waals surface area contributed by atoms with Crippen LogP contribution in [0.3, 0.4) is 0 Å². The molecule has 1 aliphatic heterocycles. The van der Waals surface area contributed by atoms with Crippen LogP contribution in [0.1, 0.15) is 12.8 Å². The molecule has 0 saturated carbocycles. The second-order valence-electron chi connectivity index (χ2n) is 4.00. The van der Waals surface area contributed by atoms with Crippen molar-refractivity contribution in [1.82, 2.24) is 0 Å². The number of ether oxygens (including phenoxy) is 1. The maximum absolute atomic E-state index is 5.96. The second-order valence-corrected chi connectivity index (χ2v) is 4.00. The summed E-state index contributed by atoms with van der Waals surface area (Å²) in [5.41, 5.74) is 7.95. The van der Waals surface area contributed by atoms with E-state index in [0.29, 0.717) is 6.10 Å². The molecule has 2 N–H and O–H groups in total. The number of hydrogen-bond acceptors (Lipinski definition) is 3. The summed E-state index contributed by atoms with van der Waals surface area (Å²) in [6.07, 6.45) is 2.67. The normalized spacial score (nSPS) is 21.7. The van der Waals surface area contributed by atoms with Gasteiger partial charge in [0.2, 0.25) is 0 Å². The number of methoxy groups -OCH3 is 1. The first-order valence-corrected chi connectivity index (χ1v) is 5.43. The molecule has 1 fully saturated rings. The largest absolute Gasteiger partial charge is 0.397 e. The van der Waals surface area contributed by atoms with Crippen LogP contribution in [0.5, 0.6) is 0 Å². The molecule has 0 aliphatic carbocycles. The highest BCUT2D eigenvalue weighted by Gasteiger charge is 2.20. The van der Waals surface area contributed by atoms with Gasteiger partial charge in [0.15, 0.2) is 0 Å². The van der Waals surface area contributed by atoms with Gasteiger partial charge in [-0.25, -0.2) is 0 Å². The summed E-state index contributed by atoms with van der Waals surface area (Å²) in [4.78, 5) is 2.31. The first-order valence-electron chi connectivity index (χ1n) is 5.43. The number of piperidine rings is 1. The number of nitrogens with zero attached hydrogens (tertiary/aromatic N) is 1. The molecule has 0 radical (unpaired) electrons. The van der Waals surface area contributed by atoms with Crippen molar-refractivity contribution in [1.29, 1.82) is 0 Å². The Hall–Kier alpha value is -1.22. The summed E-state index contributed by atoms with van der Waals surface area (Å²) in [7, 11) is 1.78. The lowest BCUT2D eigenvalue weighted by Crippen LogP contribution is -2.39. The molecule has 1 heterocycles. The smallest absolute Gasteiger partial charge is 0.0746 e. The lowest BCUT2D eigenvalue weighted by atomic mass is 10.1. The van der Waals surface area contributed by atoms with Crippen molar-refractivity contribution in [3.05, 3.63) is 24.3 Å². The van der Waals surface area contributed by atoms with Gasteiger partial charge in [-0.3, -0.25) is 0 Å². The first-order chi connectivity index (χ1) is 7.31. The van der Waals surface area contributed by atoms with Crippen molar-refractivity contribution in [2.24, 2.45) is 0 Å². The van der Waals surface area contributed by atoms with E-state index in [1.54, 1.807) is 7.11 Å². The average molecular weight is 206 g/mol. The molecule has 1 saturated heterocycles. The Labute approximate surface area is 90.8 Å². The zero-order chi connectivity index (χ0) is 10.7. The van der Waals surface area contributed by atoms with Crippen LogP contribution in [0.15, 0.2) is 24.3 Å². The van der Waals surface area contributed by atoms with Crippen LogP contribution >= 0.6 is 0 Å². The van der Waals surface area contributed by atoms with Crippen LogP contribution in [-0.4, -0.2) is 26.3 Å². The lowest BCUT2D eigenvalue weighted by Gasteiger charge is -2.34. The molecule has 1 aliphatic rings. The number of para-hydroxylation sites is 2. The Kier molecular flexibility index (Phi) is 3.11. The Morgan fingerprint density at radius 1 is 1.40 bits per heavy atom. The molecule has 82 valence electrons. The van der Waals surface area contributed by atoms with Crippen molar-refractivity contribution in [3.63, 3.8) is 0 Å². The minimum absolute atomic E-state index is 0.346. The van der Waals surface area contributed by atoms with Gasteiger partial charge >= 0.3 is 0 Å². The zero-order valence-corrected chi connectivity index (χ0v) is 9.15. The Morgan fingerprint density at radius 2 is 2.20 bits per heavy atom. The van der Waals surface area contributed by atoms with E-state index in [9.17, 15) is 0 Å². The predicted molar refractivity (Wildman–Crippen MR) is 63.1 cm³/mol. The summed E-state index contributed by atoms with van der Waals surface area (Å²) in [6, 6.07) is 8.03. The molecule has 3 heteroatoms. The van der Waals surface area contributed by atoms with Gasteiger partial charge in [-0.05, 0) is 25.0 Å². The van der Waals surface area contributed by atoms with E-state index in [4.69, 9.17) is 10.5 Å². The summed E-state index contributed by atoms with van der Waals surface area (Å²) < 4.78 is 5.40. The highest BCUT2D eigenvalue weighted by atomic mass is 16.5.